The van der Waals surface area contributed by atoms with Crippen LogP contribution in [-0.2, 0) is 32.5 Å². The largest absolute Gasteiger partial charge is 0.489 e. The van der Waals surface area contributed by atoms with Crippen molar-refractivity contribution in [3.8, 4) is 16.9 Å². The fraction of sp³-hybridized carbons (Fsp3) is 0.393. The Morgan fingerprint density at radius 1 is 1.07 bits per heavy atom. The molecule has 0 bridgehead atoms. The van der Waals surface area contributed by atoms with Crippen LogP contribution in [0.3, 0.4) is 0 Å². The first-order chi connectivity index (χ1) is 21.3. The van der Waals surface area contributed by atoms with Crippen LogP contribution in [0.1, 0.15) is 15.9 Å². The van der Waals surface area contributed by atoms with E-state index in [2.05, 4.69) is 25.4 Å². The van der Waals surface area contributed by atoms with E-state index in [9.17, 15) is 14.4 Å². The van der Waals surface area contributed by atoms with Gasteiger partial charge in [0, 0.05) is 31.1 Å². The number of nitrogens with zero attached hydrogens (tertiary/aromatic N) is 6. The summed E-state index contributed by atoms with van der Waals surface area (Å²) in [6.45, 7) is 2.51. The van der Waals surface area contributed by atoms with Gasteiger partial charge < -0.3 is 30.0 Å². The van der Waals surface area contributed by atoms with E-state index in [4.69, 9.17) is 41.8 Å². The number of carbonyl (C=O) groups is 2. The normalized spacial score (nSPS) is 11.4. The number of halogens is 1. The Bertz CT molecular complexity index is 1500. The molecule has 1 aromatic carbocycles. The number of hydrogen-bond acceptors (Lipinski definition) is 10. The van der Waals surface area contributed by atoms with Crippen LogP contribution >= 0.6 is 11.6 Å². The molecule has 2 heterocycles. The highest BCUT2D eigenvalue weighted by molar-refractivity contribution is 6.32. The number of hydrogen-bond donors (Lipinski definition) is 2. The second-order valence-corrected chi connectivity index (χ2v) is 9.48. The number of ether oxygens (including phenoxy) is 4. The molecule has 2 aromatic heterocycles. The summed E-state index contributed by atoms with van der Waals surface area (Å²) in [5.41, 5.74) is 15.1. The lowest BCUT2D eigenvalue weighted by molar-refractivity contribution is -0.119. The molecule has 0 fully saturated rings. The fourth-order valence-electron chi connectivity index (χ4n) is 3.86. The third-order valence-electron chi connectivity index (χ3n) is 6.07. The number of aryl methyl sites for hydroxylation is 1. The Morgan fingerprint density at radius 2 is 1.73 bits per heavy atom. The van der Waals surface area contributed by atoms with Gasteiger partial charge >= 0.3 is 0 Å². The minimum absolute atomic E-state index is 0.00790. The van der Waals surface area contributed by atoms with Crippen molar-refractivity contribution >= 4 is 23.4 Å². The number of nitrogens with one attached hydrogen (secondary N) is 1. The smallest absolute Gasteiger partial charge is 0.278 e. The number of pyridine rings is 1. The Balaban J connectivity index is 1.53. The van der Waals surface area contributed by atoms with E-state index in [1.54, 1.807) is 30.3 Å². The zero-order chi connectivity index (χ0) is 31.7. The number of azide groups is 1. The molecule has 16 heteroatoms. The lowest BCUT2D eigenvalue weighted by Crippen LogP contribution is -2.46. The summed E-state index contributed by atoms with van der Waals surface area (Å²) in [7, 11) is 1.53. The fourth-order valence-corrected chi connectivity index (χ4v) is 4.06. The van der Waals surface area contributed by atoms with Gasteiger partial charge in [-0.3, -0.25) is 14.4 Å². The molecule has 0 aliphatic rings. The third kappa shape index (κ3) is 10.6. The highest BCUT2D eigenvalue weighted by atomic mass is 35.5. The minimum Gasteiger partial charge on any atom is -0.489 e. The van der Waals surface area contributed by atoms with Crippen molar-refractivity contribution < 1.29 is 28.5 Å². The maximum Gasteiger partial charge on any atom is 0.278 e. The summed E-state index contributed by atoms with van der Waals surface area (Å²) in [6, 6.07) is 8.92. The van der Waals surface area contributed by atoms with Gasteiger partial charge in [-0.1, -0.05) is 41.0 Å². The molecule has 3 aromatic rings. The molecule has 0 aliphatic heterocycles. The van der Waals surface area contributed by atoms with E-state index in [0.29, 0.717) is 49.7 Å². The summed E-state index contributed by atoms with van der Waals surface area (Å²) < 4.78 is 23.2. The molecule has 15 nitrogen and oxygen atoms in total. The van der Waals surface area contributed by atoms with E-state index >= 15 is 0 Å². The molecule has 0 saturated carbocycles. The molecule has 0 spiro atoms. The molecule has 2 amide bonds. The van der Waals surface area contributed by atoms with Gasteiger partial charge in [-0.05, 0) is 28.8 Å². The molecule has 0 aliphatic carbocycles. The molecular weight excluding hydrogens is 596 g/mol. The van der Waals surface area contributed by atoms with Crippen LogP contribution in [0.5, 0.6) is 5.75 Å². The van der Waals surface area contributed by atoms with E-state index < -0.39 is 17.9 Å². The average molecular weight is 629 g/mol. The molecule has 234 valence electrons. The van der Waals surface area contributed by atoms with Crippen LogP contribution in [0.4, 0.5) is 0 Å². The second-order valence-electron chi connectivity index (χ2n) is 9.12. The number of aromatic nitrogens is 3. The Labute approximate surface area is 257 Å². The summed E-state index contributed by atoms with van der Waals surface area (Å²) in [5.74, 6) is -1.01. The minimum atomic E-state index is -1.01. The zero-order valence-corrected chi connectivity index (χ0v) is 24.8. The number of primary amides is 1. The van der Waals surface area contributed by atoms with Crippen LogP contribution in [0.25, 0.3) is 21.6 Å². The molecule has 1 atom stereocenters. The van der Waals surface area contributed by atoms with Gasteiger partial charge in [-0.2, -0.15) is 5.10 Å². The first-order valence-corrected chi connectivity index (χ1v) is 13.9. The topological polar surface area (TPSA) is 206 Å². The monoisotopic (exact) mass is 628 g/mol. The van der Waals surface area contributed by atoms with Crippen LogP contribution in [0, 0.1) is 0 Å². The number of benzene rings is 1. The number of carbonyl (C=O) groups excluding carboxylic acids is 2. The molecule has 44 heavy (non-hydrogen) atoms. The number of nitrogens with two attached hydrogens (primary N) is 1. The molecule has 0 radical (unpaired) electrons. The van der Waals surface area contributed by atoms with Crippen LogP contribution in [-0.4, -0.2) is 85.4 Å². The lowest BCUT2D eigenvalue weighted by Gasteiger charge is -2.16. The van der Waals surface area contributed by atoms with Crippen LogP contribution in [0.2, 0.25) is 5.15 Å². The molecule has 3 rings (SSSR count). The predicted molar refractivity (Wildman–Crippen MR) is 160 cm³/mol. The van der Waals surface area contributed by atoms with E-state index in [-0.39, 0.29) is 48.2 Å². The van der Waals surface area contributed by atoms with Gasteiger partial charge in [0.05, 0.1) is 57.0 Å². The lowest BCUT2D eigenvalue weighted by atomic mass is 10.0. The predicted octanol–water partition coefficient (Wildman–Crippen LogP) is 2.06. The van der Waals surface area contributed by atoms with E-state index in [0.717, 1.165) is 0 Å². The summed E-state index contributed by atoms with van der Waals surface area (Å²) >= 11 is 5.99. The quantitative estimate of drug-likeness (QED) is 0.0654. The van der Waals surface area contributed by atoms with Gasteiger partial charge in [0.15, 0.2) is 5.75 Å². The SMILES string of the molecule is Cn1ncc(OCCOCCOCCOCCN=[N+]=[N-])c(-c2ccc(C[C@H](NC(=O)c3cccnc3Cl)C(N)=O)cc2)c1=O. The number of amides is 2. The van der Waals surface area contributed by atoms with Crippen molar-refractivity contribution in [1.82, 2.24) is 20.1 Å². The average Bonchev–Trinajstić information content (AvgIpc) is 3.01. The highest BCUT2D eigenvalue weighted by Gasteiger charge is 2.21. The molecular formula is C28H33ClN8O7. The van der Waals surface area contributed by atoms with Crippen molar-refractivity contribution in [1.29, 1.82) is 0 Å². The number of rotatable bonds is 19. The molecule has 3 N–H and O–H groups in total. The Hall–Kier alpha value is -4.53. The van der Waals surface area contributed by atoms with Crippen molar-refractivity contribution in [3.05, 3.63) is 85.9 Å². The van der Waals surface area contributed by atoms with Crippen molar-refractivity contribution in [2.45, 2.75) is 12.5 Å². The first kappa shape index (κ1) is 34.0. The van der Waals surface area contributed by atoms with Gasteiger partial charge in [0.1, 0.15) is 17.8 Å². The van der Waals surface area contributed by atoms with Gasteiger partial charge in [0.25, 0.3) is 11.5 Å². The standard InChI is InChI=1S/C28H33ClN8O7/c1-37-28(40)24(23(18-34-37)44-16-15-43-14-13-42-12-11-41-10-9-33-36-31)20-6-4-19(5-7-20)17-22(26(30)38)35-27(39)21-3-2-8-32-25(21)29/h2-8,18,22H,9-17H2,1H3,(H2,30,38)(H,35,39)/t22-/m0/s1. The summed E-state index contributed by atoms with van der Waals surface area (Å²) in [6.07, 6.45) is 3.02. The molecule has 0 saturated heterocycles. The maximum absolute atomic E-state index is 13.0. The van der Waals surface area contributed by atoms with Gasteiger partial charge in [-0.15, -0.1) is 0 Å². The van der Waals surface area contributed by atoms with Crippen LogP contribution in [0.15, 0.2) is 58.7 Å². The van der Waals surface area contributed by atoms with Gasteiger partial charge in [0.2, 0.25) is 5.91 Å². The summed E-state index contributed by atoms with van der Waals surface area (Å²) in [5, 5.41) is 10.0. The Kier molecular flexibility index (Phi) is 14.1. The zero-order valence-electron chi connectivity index (χ0n) is 24.1. The van der Waals surface area contributed by atoms with Gasteiger partial charge in [-0.25, -0.2) is 9.67 Å². The second kappa shape index (κ2) is 18.2. The van der Waals surface area contributed by atoms with Crippen molar-refractivity contribution in [3.63, 3.8) is 0 Å². The first-order valence-electron chi connectivity index (χ1n) is 13.5. The third-order valence-corrected chi connectivity index (χ3v) is 6.37. The highest BCUT2D eigenvalue weighted by Crippen LogP contribution is 2.26. The van der Waals surface area contributed by atoms with E-state index in [1.165, 1.54) is 30.2 Å². The Morgan fingerprint density at radius 3 is 2.36 bits per heavy atom. The molecule has 0 unspecified atom stereocenters. The summed E-state index contributed by atoms with van der Waals surface area (Å²) in [4.78, 5) is 44.2. The van der Waals surface area contributed by atoms with E-state index in [1.807, 2.05) is 0 Å². The maximum atomic E-state index is 13.0. The van der Waals surface area contributed by atoms with Crippen LogP contribution < -0.4 is 21.3 Å². The van der Waals surface area contributed by atoms with Crippen molar-refractivity contribution in [2.24, 2.45) is 17.9 Å². The van der Waals surface area contributed by atoms with Crippen molar-refractivity contribution in [2.75, 3.05) is 52.8 Å².